The van der Waals surface area contributed by atoms with Gasteiger partial charge >= 0.3 is 0 Å². The molecule has 5 nitrogen and oxygen atoms in total. The predicted octanol–water partition coefficient (Wildman–Crippen LogP) is 0.631. The van der Waals surface area contributed by atoms with E-state index in [4.69, 9.17) is 5.73 Å². The van der Waals surface area contributed by atoms with Crippen LogP contribution in [0, 0.1) is 11.8 Å². The number of rotatable bonds is 4. The maximum Gasteiger partial charge on any atom is 0.243 e. The van der Waals surface area contributed by atoms with Crippen molar-refractivity contribution in [3.05, 3.63) is 0 Å². The Balaban J connectivity index is 1.64. The molecule has 3 aliphatic rings. The lowest BCUT2D eigenvalue weighted by Crippen LogP contribution is -2.49. The standard InChI is InChI=1S/C15H25N3O2/c16-9-10-3-1-4-12(10)15(20)18-8-2-5-13(18)14(19)17-11-6-7-11/h10-13H,1-9,16H2,(H,17,19)/t10-,12-,13?/m1/s1. The molecule has 0 bridgehead atoms. The zero-order valence-electron chi connectivity index (χ0n) is 12.0. The van der Waals surface area contributed by atoms with E-state index in [9.17, 15) is 9.59 Å². The van der Waals surface area contributed by atoms with Gasteiger partial charge in [-0.1, -0.05) is 6.42 Å². The zero-order valence-corrected chi connectivity index (χ0v) is 12.0. The van der Waals surface area contributed by atoms with Crippen molar-refractivity contribution in [2.45, 2.75) is 57.0 Å². The zero-order chi connectivity index (χ0) is 14.1. The van der Waals surface area contributed by atoms with Gasteiger partial charge in [0.05, 0.1) is 0 Å². The summed E-state index contributed by atoms with van der Waals surface area (Å²) in [6.07, 6.45) is 7.01. The van der Waals surface area contributed by atoms with Crippen molar-refractivity contribution in [3.8, 4) is 0 Å². The molecule has 0 radical (unpaired) electrons. The van der Waals surface area contributed by atoms with Crippen LogP contribution in [0.5, 0.6) is 0 Å². The minimum Gasteiger partial charge on any atom is -0.352 e. The number of likely N-dealkylation sites (tertiary alicyclic amines) is 1. The van der Waals surface area contributed by atoms with Crippen molar-refractivity contribution >= 4 is 11.8 Å². The van der Waals surface area contributed by atoms with Crippen LogP contribution in [0.15, 0.2) is 0 Å². The molecule has 0 spiro atoms. The van der Waals surface area contributed by atoms with Crippen LogP contribution in [0.4, 0.5) is 0 Å². The summed E-state index contributed by atoms with van der Waals surface area (Å²) < 4.78 is 0. The Labute approximate surface area is 120 Å². The summed E-state index contributed by atoms with van der Waals surface area (Å²) in [5.41, 5.74) is 5.78. The second-order valence-corrected chi connectivity index (χ2v) is 6.51. The highest BCUT2D eigenvalue weighted by molar-refractivity contribution is 5.89. The molecule has 0 aromatic carbocycles. The van der Waals surface area contributed by atoms with Gasteiger partial charge in [0.25, 0.3) is 0 Å². The average molecular weight is 279 g/mol. The smallest absolute Gasteiger partial charge is 0.243 e. The van der Waals surface area contributed by atoms with Crippen LogP contribution in [0.1, 0.15) is 44.9 Å². The lowest BCUT2D eigenvalue weighted by atomic mass is 9.94. The molecule has 3 N–H and O–H groups in total. The van der Waals surface area contributed by atoms with Crippen molar-refractivity contribution in [2.75, 3.05) is 13.1 Å². The molecule has 112 valence electrons. The number of nitrogens with one attached hydrogen (secondary N) is 1. The van der Waals surface area contributed by atoms with E-state index in [2.05, 4.69) is 5.32 Å². The topological polar surface area (TPSA) is 75.4 Å². The van der Waals surface area contributed by atoms with E-state index in [0.29, 0.717) is 18.5 Å². The summed E-state index contributed by atoms with van der Waals surface area (Å²) in [4.78, 5) is 26.8. The number of hydrogen-bond acceptors (Lipinski definition) is 3. The first-order valence-electron chi connectivity index (χ1n) is 8.01. The molecular formula is C15H25N3O2. The largest absolute Gasteiger partial charge is 0.352 e. The molecular weight excluding hydrogens is 254 g/mol. The summed E-state index contributed by atoms with van der Waals surface area (Å²) >= 11 is 0. The monoisotopic (exact) mass is 279 g/mol. The number of nitrogens with two attached hydrogens (primary N) is 1. The van der Waals surface area contributed by atoms with Crippen LogP contribution < -0.4 is 11.1 Å². The molecule has 5 heteroatoms. The molecule has 2 aliphatic carbocycles. The molecule has 1 unspecified atom stereocenters. The van der Waals surface area contributed by atoms with Crippen molar-refractivity contribution in [1.29, 1.82) is 0 Å². The van der Waals surface area contributed by atoms with E-state index in [1.165, 1.54) is 0 Å². The molecule has 2 amide bonds. The molecule has 1 heterocycles. The van der Waals surface area contributed by atoms with Gasteiger partial charge in [-0.3, -0.25) is 9.59 Å². The fourth-order valence-corrected chi connectivity index (χ4v) is 3.69. The second-order valence-electron chi connectivity index (χ2n) is 6.51. The Morgan fingerprint density at radius 2 is 1.90 bits per heavy atom. The third kappa shape index (κ3) is 2.68. The number of carbonyl (C=O) groups excluding carboxylic acids is 2. The average Bonchev–Trinajstić information content (AvgIpc) is 2.99. The van der Waals surface area contributed by atoms with E-state index in [1.807, 2.05) is 4.90 Å². The minimum absolute atomic E-state index is 0.0503. The first kappa shape index (κ1) is 13.9. The van der Waals surface area contributed by atoms with Gasteiger partial charge in [-0.05, 0) is 51.0 Å². The SMILES string of the molecule is NC[C@H]1CCC[C@H]1C(=O)N1CCCC1C(=O)NC1CC1. The summed E-state index contributed by atoms with van der Waals surface area (Å²) in [5, 5.41) is 3.04. The molecule has 0 aromatic heterocycles. The highest BCUT2D eigenvalue weighted by Crippen LogP contribution is 2.34. The van der Waals surface area contributed by atoms with Gasteiger partial charge in [0.15, 0.2) is 0 Å². The molecule has 1 saturated heterocycles. The Kier molecular flexibility index (Phi) is 3.96. The third-order valence-corrected chi connectivity index (χ3v) is 5.04. The van der Waals surface area contributed by atoms with Gasteiger partial charge in [-0.15, -0.1) is 0 Å². The minimum atomic E-state index is -0.234. The molecule has 2 saturated carbocycles. The van der Waals surface area contributed by atoms with E-state index in [1.54, 1.807) is 0 Å². The lowest BCUT2D eigenvalue weighted by molar-refractivity contribution is -0.142. The summed E-state index contributed by atoms with van der Waals surface area (Å²) in [6, 6.07) is 0.130. The van der Waals surface area contributed by atoms with Crippen molar-refractivity contribution in [3.63, 3.8) is 0 Å². The fraction of sp³-hybridized carbons (Fsp3) is 0.867. The van der Waals surface area contributed by atoms with Crippen molar-refractivity contribution in [1.82, 2.24) is 10.2 Å². The molecule has 1 aliphatic heterocycles. The third-order valence-electron chi connectivity index (χ3n) is 5.04. The summed E-state index contributed by atoms with van der Waals surface area (Å²) in [5.74, 6) is 0.594. The van der Waals surface area contributed by atoms with E-state index in [-0.39, 0.29) is 23.8 Å². The quantitative estimate of drug-likeness (QED) is 0.792. The maximum absolute atomic E-state index is 12.7. The molecule has 20 heavy (non-hydrogen) atoms. The van der Waals surface area contributed by atoms with E-state index >= 15 is 0 Å². The van der Waals surface area contributed by atoms with E-state index < -0.39 is 0 Å². The van der Waals surface area contributed by atoms with E-state index in [0.717, 1.165) is 51.5 Å². The fourth-order valence-electron chi connectivity index (χ4n) is 3.69. The van der Waals surface area contributed by atoms with Crippen molar-refractivity contribution < 1.29 is 9.59 Å². The van der Waals surface area contributed by atoms with Crippen LogP contribution in [0.3, 0.4) is 0 Å². The van der Waals surface area contributed by atoms with Gasteiger partial charge in [-0.2, -0.15) is 0 Å². The number of carbonyl (C=O) groups is 2. The number of amides is 2. The molecule has 0 aromatic rings. The normalized spacial score (nSPS) is 33.5. The van der Waals surface area contributed by atoms with Crippen LogP contribution in [0.2, 0.25) is 0 Å². The van der Waals surface area contributed by atoms with Gasteiger partial charge < -0.3 is 16.0 Å². The van der Waals surface area contributed by atoms with Gasteiger partial charge in [0, 0.05) is 18.5 Å². The number of nitrogens with zero attached hydrogens (tertiary/aromatic N) is 1. The van der Waals surface area contributed by atoms with Crippen LogP contribution in [-0.2, 0) is 9.59 Å². The van der Waals surface area contributed by atoms with Crippen molar-refractivity contribution in [2.24, 2.45) is 17.6 Å². The molecule has 3 rings (SSSR count). The Morgan fingerprint density at radius 3 is 2.60 bits per heavy atom. The van der Waals surface area contributed by atoms with Gasteiger partial charge in [0.2, 0.25) is 11.8 Å². The highest BCUT2D eigenvalue weighted by atomic mass is 16.2. The first-order valence-corrected chi connectivity index (χ1v) is 8.01. The Bertz CT molecular complexity index is 395. The van der Waals surface area contributed by atoms with Gasteiger partial charge in [-0.25, -0.2) is 0 Å². The second kappa shape index (κ2) is 5.72. The summed E-state index contributed by atoms with van der Waals surface area (Å²) in [6.45, 7) is 1.32. The van der Waals surface area contributed by atoms with Crippen LogP contribution >= 0.6 is 0 Å². The van der Waals surface area contributed by atoms with Gasteiger partial charge in [0.1, 0.15) is 6.04 Å². The lowest BCUT2D eigenvalue weighted by Gasteiger charge is -2.28. The molecule has 3 atom stereocenters. The molecule has 3 fully saturated rings. The number of hydrogen-bond donors (Lipinski definition) is 2. The first-order chi connectivity index (χ1) is 9.70. The maximum atomic E-state index is 12.7. The van der Waals surface area contributed by atoms with Crippen LogP contribution in [0.25, 0.3) is 0 Å². The highest BCUT2D eigenvalue weighted by Gasteiger charge is 2.41. The summed E-state index contributed by atoms with van der Waals surface area (Å²) in [7, 11) is 0. The Hall–Kier alpha value is -1.10. The predicted molar refractivity (Wildman–Crippen MR) is 75.8 cm³/mol. The Morgan fingerprint density at radius 1 is 1.10 bits per heavy atom. The van der Waals surface area contributed by atoms with Crippen LogP contribution in [-0.4, -0.2) is 41.9 Å².